The van der Waals surface area contributed by atoms with Gasteiger partial charge in [0.1, 0.15) is 11.4 Å². The van der Waals surface area contributed by atoms with Crippen molar-refractivity contribution in [1.29, 1.82) is 0 Å². The van der Waals surface area contributed by atoms with Gasteiger partial charge in [-0.05, 0) is 51.2 Å². The second-order valence-corrected chi connectivity index (χ2v) is 5.35. The van der Waals surface area contributed by atoms with Crippen LogP contribution in [0.15, 0.2) is 6.07 Å². The molecule has 0 aliphatic heterocycles. The molecule has 1 heterocycles. The van der Waals surface area contributed by atoms with Crippen molar-refractivity contribution in [3.8, 4) is 0 Å². The highest BCUT2D eigenvalue weighted by Crippen LogP contribution is 2.24. The van der Waals surface area contributed by atoms with Crippen molar-refractivity contribution < 1.29 is 14.6 Å². The van der Waals surface area contributed by atoms with Crippen LogP contribution in [0.3, 0.4) is 0 Å². The number of anilines is 1. The molecule has 0 spiro atoms. The minimum Gasteiger partial charge on any atom is -0.478 e. The minimum atomic E-state index is -0.932. The van der Waals surface area contributed by atoms with Gasteiger partial charge in [-0.15, -0.1) is 0 Å². The molecule has 110 valence electrons. The SMILES string of the molecule is CC(C)OCCNc1nc2c(cc1C(=O)O)CCCC2. The second-order valence-electron chi connectivity index (χ2n) is 5.35. The van der Waals surface area contributed by atoms with Gasteiger partial charge >= 0.3 is 5.97 Å². The van der Waals surface area contributed by atoms with Gasteiger partial charge in [0.15, 0.2) is 0 Å². The summed E-state index contributed by atoms with van der Waals surface area (Å²) in [7, 11) is 0. The summed E-state index contributed by atoms with van der Waals surface area (Å²) in [6.07, 6.45) is 4.28. The third-order valence-electron chi connectivity index (χ3n) is 3.38. The number of aromatic carboxylic acids is 1. The fraction of sp³-hybridized carbons (Fsp3) is 0.600. The van der Waals surface area contributed by atoms with Gasteiger partial charge in [-0.2, -0.15) is 0 Å². The van der Waals surface area contributed by atoms with Crippen LogP contribution >= 0.6 is 0 Å². The number of carboxylic acid groups (broad SMARTS) is 1. The molecule has 0 saturated carbocycles. The first-order chi connectivity index (χ1) is 9.58. The van der Waals surface area contributed by atoms with Crippen molar-refractivity contribution in [1.82, 2.24) is 4.98 Å². The summed E-state index contributed by atoms with van der Waals surface area (Å²) in [4.78, 5) is 15.8. The Morgan fingerprint density at radius 1 is 1.45 bits per heavy atom. The Morgan fingerprint density at radius 3 is 2.90 bits per heavy atom. The Labute approximate surface area is 119 Å². The van der Waals surface area contributed by atoms with Crippen molar-refractivity contribution >= 4 is 11.8 Å². The number of fused-ring (bicyclic) bond motifs is 1. The molecule has 0 bridgehead atoms. The van der Waals surface area contributed by atoms with Gasteiger partial charge in [0.2, 0.25) is 0 Å². The molecule has 2 N–H and O–H groups in total. The van der Waals surface area contributed by atoms with Gasteiger partial charge < -0.3 is 15.2 Å². The number of carbonyl (C=O) groups is 1. The average Bonchev–Trinajstić information content (AvgIpc) is 2.42. The molecular weight excluding hydrogens is 256 g/mol. The van der Waals surface area contributed by atoms with Crippen LogP contribution in [0.2, 0.25) is 0 Å². The van der Waals surface area contributed by atoms with E-state index in [4.69, 9.17) is 4.74 Å². The number of aromatic nitrogens is 1. The Balaban J connectivity index is 2.11. The molecule has 1 aliphatic rings. The fourth-order valence-electron chi connectivity index (χ4n) is 2.40. The van der Waals surface area contributed by atoms with E-state index in [1.807, 2.05) is 13.8 Å². The maximum Gasteiger partial charge on any atom is 0.339 e. The molecule has 2 rings (SSSR count). The van der Waals surface area contributed by atoms with E-state index in [2.05, 4.69) is 10.3 Å². The van der Waals surface area contributed by atoms with Crippen LogP contribution < -0.4 is 5.32 Å². The standard InChI is InChI=1S/C15H22N2O3/c1-10(2)20-8-7-16-14-12(15(18)19)9-11-5-3-4-6-13(11)17-14/h9-10H,3-8H2,1-2H3,(H,16,17)(H,18,19). The normalized spacial score (nSPS) is 14.2. The highest BCUT2D eigenvalue weighted by Gasteiger charge is 2.18. The molecule has 20 heavy (non-hydrogen) atoms. The van der Waals surface area contributed by atoms with Crippen LogP contribution in [-0.4, -0.2) is 35.3 Å². The van der Waals surface area contributed by atoms with E-state index in [0.717, 1.165) is 36.9 Å². The molecule has 0 atom stereocenters. The Morgan fingerprint density at radius 2 is 2.20 bits per heavy atom. The van der Waals surface area contributed by atoms with Crippen molar-refractivity contribution in [2.45, 2.75) is 45.6 Å². The van der Waals surface area contributed by atoms with Crippen LogP contribution in [0, 0.1) is 0 Å². The zero-order valence-electron chi connectivity index (χ0n) is 12.1. The molecule has 5 nitrogen and oxygen atoms in total. The number of hydrogen-bond acceptors (Lipinski definition) is 4. The van der Waals surface area contributed by atoms with E-state index in [-0.39, 0.29) is 11.7 Å². The third kappa shape index (κ3) is 3.70. The second kappa shape index (κ2) is 6.70. The molecule has 1 aliphatic carbocycles. The molecule has 0 amide bonds. The lowest BCUT2D eigenvalue weighted by Gasteiger charge is -2.18. The number of hydrogen-bond donors (Lipinski definition) is 2. The fourth-order valence-corrected chi connectivity index (χ4v) is 2.40. The van der Waals surface area contributed by atoms with Gasteiger partial charge in [0, 0.05) is 12.2 Å². The number of rotatable bonds is 6. The summed E-state index contributed by atoms with van der Waals surface area (Å²) in [6.45, 7) is 5.04. The van der Waals surface area contributed by atoms with Crippen LogP contribution in [0.5, 0.6) is 0 Å². The lowest BCUT2D eigenvalue weighted by molar-refractivity contribution is 0.0696. The summed E-state index contributed by atoms with van der Waals surface area (Å²) in [5, 5.41) is 12.4. The first-order valence-corrected chi connectivity index (χ1v) is 7.19. The first-order valence-electron chi connectivity index (χ1n) is 7.19. The third-order valence-corrected chi connectivity index (χ3v) is 3.38. The molecule has 0 unspecified atom stereocenters. The summed E-state index contributed by atoms with van der Waals surface area (Å²) in [6, 6.07) is 1.77. The van der Waals surface area contributed by atoms with Gasteiger partial charge in [0.25, 0.3) is 0 Å². The molecule has 0 radical (unpaired) electrons. The molecule has 0 saturated heterocycles. The molecule has 1 aromatic rings. The summed E-state index contributed by atoms with van der Waals surface area (Å²) in [5.41, 5.74) is 2.38. The van der Waals surface area contributed by atoms with E-state index < -0.39 is 5.97 Å². The van der Waals surface area contributed by atoms with E-state index in [9.17, 15) is 9.90 Å². The first kappa shape index (κ1) is 14.8. The topological polar surface area (TPSA) is 71.5 Å². The minimum absolute atomic E-state index is 0.173. The zero-order chi connectivity index (χ0) is 14.5. The van der Waals surface area contributed by atoms with Gasteiger partial charge in [0.05, 0.1) is 12.7 Å². The van der Waals surface area contributed by atoms with Gasteiger partial charge in [-0.3, -0.25) is 0 Å². The number of carboxylic acids is 1. The number of aryl methyl sites for hydroxylation is 2. The summed E-state index contributed by atoms with van der Waals surface area (Å²) >= 11 is 0. The van der Waals surface area contributed by atoms with E-state index in [1.165, 1.54) is 0 Å². The van der Waals surface area contributed by atoms with E-state index in [1.54, 1.807) is 6.07 Å². The zero-order valence-corrected chi connectivity index (χ0v) is 12.1. The maximum atomic E-state index is 11.3. The largest absolute Gasteiger partial charge is 0.478 e. The van der Waals surface area contributed by atoms with Gasteiger partial charge in [-0.25, -0.2) is 9.78 Å². The number of nitrogens with zero attached hydrogens (tertiary/aromatic N) is 1. The van der Waals surface area contributed by atoms with Crippen molar-refractivity contribution in [3.05, 3.63) is 22.9 Å². The predicted octanol–water partition coefficient (Wildman–Crippen LogP) is 2.50. The molecule has 0 fully saturated rings. The smallest absolute Gasteiger partial charge is 0.339 e. The highest BCUT2D eigenvalue weighted by atomic mass is 16.5. The summed E-state index contributed by atoms with van der Waals surface area (Å²) in [5.74, 6) is -0.469. The predicted molar refractivity (Wildman–Crippen MR) is 77.4 cm³/mol. The van der Waals surface area contributed by atoms with Crippen LogP contribution in [-0.2, 0) is 17.6 Å². The number of pyridine rings is 1. The Kier molecular flexibility index (Phi) is 4.95. The lowest BCUT2D eigenvalue weighted by atomic mass is 9.95. The van der Waals surface area contributed by atoms with Crippen LogP contribution in [0.25, 0.3) is 0 Å². The molecule has 1 aromatic heterocycles. The number of ether oxygens (including phenoxy) is 1. The van der Waals surface area contributed by atoms with Gasteiger partial charge in [-0.1, -0.05) is 0 Å². The molecule has 0 aromatic carbocycles. The van der Waals surface area contributed by atoms with Crippen LogP contribution in [0.1, 0.15) is 48.3 Å². The van der Waals surface area contributed by atoms with Crippen molar-refractivity contribution in [2.75, 3.05) is 18.5 Å². The molecule has 5 heteroatoms. The average molecular weight is 278 g/mol. The number of nitrogens with one attached hydrogen (secondary N) is 1. The van der Waals surface area contributed by atoms with E-state index >= 15 is 0 Å². The Hall–Kier alpha value is -1.62. The Bertz CT molecular complexity index is 486. The maximum absolute atomic E-state index is 11.3. The van der Waals surface area contributed by atoms with E-state index in [0.29, 0.717) is 19.0 Å². The van der Waals surface area contributed by atoms with Crippen molar-refractivity contribution in [3.63, 3.8) is 0 Å². The lowest BCUT2D eigenvalue weighted by Crippen LogP contribution is -2.18. The van der Waals surface area contributed by atoms with Crippen LogP contribution in [0.4, 0.5) is 5.82 Å². The molecular formula is C15H22N2O3. The monoisotopic (exact) mass is 278 g/mol. The summed E-state index contributed by atoms with van der Waals surface area (Å²) < 4.78 is 5.44. The van der Waals surface area contributed by atoms with Crippen molar-refractivity contribution in [2.24, 2.45) is 0 Å². The highest BCUT2D eigenvalue weighted by molar-refractivity contribution is 5.93. The quantitative estimate of drug-likeness (QED) is 0.782.